The summed E-state index contributed by atoms with van der Waals surface area (Å²) in [5.41, 5.74) is 8.01. The molecule has 2 rings (SSSR count). The highest BCUT2D eigenvalue weighted by Gasteiger charge is 2.28. The molecule has 1 fully saturated rings. The minimum absolute atomic E-state index is 0.140. The maximum absolute atomic E-state index is 14.4. The molecular formula is C18H29FN2. The fourth-order valence-electron chi connectivity index (χ4n) is 3.42. The maximum Gasteiger partial charge on any atom is 0.146 e. The first kappa shape index (κ1) is 16.3. The van der Waals surface area contributed by atoms with E-state index in [1.165, 1.54) is 6.42 Å². The summed E-state index contributed by atoms with van der Waals surface area (Å²) in [7, 11) is 0. The normalized spacial score (nSPS) is 22.0. The molecule has 118 valence electrons. The molecule has 3 heteroatoms. The van der Waals surface area contributed by atoms with Crippen molar-refractivity contribution in [1.29, 1.82) is 0 Å². The van der Waals surface area contributed by atoms with Gasteiger partial charge in [-0.25, -0.2) is 4.39 Å². The van der Waals surface area contributed by atoms with E-state index < -0.39 is 0 Å². The second kappa shape index (κ2) is 6.35. The molecule has 1 heterocycles. The minimum Gasteiger partial charge on any atom is -0.369 e. The van der Waals surface area contributed by atoms with E-state index in [0.29, 0.717) is 11.3 Å². The molecule has 0 amide bonds. The molecular weight excluding hydrogens is 263 g/mol. The molecule has 1 unspecified atom stereocenters. The molecule has 1 aromatic rings. The lowest BCUT2D eigenvalue weighted by Crippen LogP contribution is -2.28. The van der Waals surface area contributed by atoms with Crippen LogP contribution in [0.3, 0.4) is 0 Å². The molecule has 1 aliphatic heterocycles. The first-order valence-electron chi connectivity index (χ1n) is 8.09. The molecule has 2 N–H and O–H groups in total. The van der Waals surface area contributed by atoms with Crippen molar-refractivity contribution in [3.8, 4) is 0 Å². The number of benzene rings is 1. The highest BCUT2D eigenvalue weighted by atomic mass is 19.1. The fourth-order valence-corrected chi connectivity index (χ4v) is 3.42. The Hall–Kier alpha value is -1.09. The summed E-state index contributed by atoms with van der Waals surface area (Å²) < 4.78 is 14.4. The number of para-hydroxylation sites is 1. The highest BCUT2D eigenvalue weighted by Crippen LogP contribution is 2.37. The number of rotatable bonds is 2. The van der Waals surface area contributed by atoms with E-state index in [1.807, 2.05) is 13.0 Å². The van der Waals surface area contributed by atoms with Crippen molar-refractivity contribution in [2.24, 2.45) is 17.1 Å². The van der Waals surface area contributed by atoms with Gasteiger partial charge in [0.2, 0.25) is 0 Å². The predicted molar refractivity (Wildman–Crippen MR) is 88.0 cm³/mol. The molecule has 1 aliphatic rings. The number of anilines is 1. The van der Waals surface area contributed by atoms with Crippen molar-refractivity contribution in [3.05, 3.63) is 29.6 Å². The Morgan fingerprint density at radius 1 is 1.24 bits per heavy atom. The quantitative estimate of drug-likeness (QED) is 0.869. The highest BCUT2D eigenvalue weighted by molar-refractivity contribution is 5.56. The fraction of sp³-hybridized carbons (Fsp3) is 0.667. The van der Waals surface area contributed by atoms with Gasteiger partial charge in [0.05, 0.1) is 5.69 Å². The smallest absolute Gasteiger partial charge is 0.146 e. The summed E-state index contributed by atoms with van der Waals surface area (Å²) in [6.07, 6.45) is 3.47. The largest absolute Gasteiger partial charge is 0.369 e. The van der Waals surface area contributed by atoms with Gasteiger partial charge in [0, 0.05) is 19.1 Å². The van der Waals surface area contributed by atoms with E-state index in [2.05, 4.69) is 25.7 Å². The molecule has 1 aromatic carbocycles. The number of halogens is 1. The van der Waals surface area contributed by atoms with Gasteiger partial charge in [0.1, 0.15) is 5.82 Å². The zero-order valence-electron chi connectivity index (χ0n) is 13.8. The van der Waals surface area contributed by atoms with Gasteiger partial charge in [0.25, 0.3) is 0 Å². The van der Waals surface area contributed by atoms with Crippen molar-refractivity contribution >= 4 is 5.69 Å². The van der Waals surface area contributed by atoms with Crippen molar-refractivity contribution in [3.63, 3.8) is 0 Å². The molecule has 0 aliphatic carbocycles. The van der Waals surface area contributed by atoms with Crippen molar-refractivity contribution in [2.75, 3.05) is 18.0 Å². The Balaban J connectivity index is 2.24. The molecule has 0 bridgehead atoms. The number of nitrogens with two attached hydrogens (primary N) is 1. The van der Waals surface area contributed by atoms with E-state index in [0.717, 1.165) is 37.2 Å². The molecule has 0 saturated carbocycles. The third kappa shape index (κ3) is 3.76. The third-order valence-corrected chi connectivity index (χ3v) is 4.78. The van der Waals surface area contributed by atoms with E-state index in [4.69, 9.17) is 5.73 Å². The average Bonchev–Trinajstić information content (AvgIpc) is 2.63. The van der Waals surface area contributed by atoms with Crippen LogP contribution in [0.4, 0.5) is 10.1 Å². The van der Waals surface area contributed by atoms with Gasteiger partial charge in [-0.3, -0.25) is 0 Å². The summed E-state index contributed by atoms with van der Waals surface area (Å²) in [5.74, 6) is 0.562. The van der Waals surface area contributed by atoms with Crippen molar-refractivity contribution < 1.29 is 4.39 Å². The van der Waals surface area contributed by atoms with Crippen LogP contribution in [-0.2, 0) is 0 Å². The van der Waals surface area contributed by atoms with Crippen LogP contribution in [0.1, 0.15) is 58.6 Å². The third-order valence-electron chi connectivity index (χ3n) is 4.78. The number of nitrogens with zero attached hydrogens (tertiary/aromatic N) is 1. The Labute approximate surface area is 128 Å². The van der Waals surface area contributed by atoms with Crippen molar-refractivity contribution in [1.82, 2.24) is 0 Å². The van der Waals surface area contributed by atoms with Crippen LogP contribution in [-0.4, -0.2) is 13.1 Å². The van der Waals surface area contributed by atoms with Crippen LogP contribution in [0.15, 0.2) is 18.2 Å². The Morgan fingerprint density at radius 3 is 2.57 bits per heavy atom. The van der Waals surface area contributed by atoms with Crippen molar-refractivity contribution in [2.45, 2.75) is 53.0 Å². The van der Waals surface area contributed by atoms with Crippen LogP contribution in [0.25, 0.3) is 0 Å². The van der Waals surface area contributed by atoms with E-state index in [1.54, 1.807) is 12.1 Å². The molecule has 1 saturated heterocycles. The van der Waals surface area contributed by atoms with Gasteiger partial charge in [-0.1, -0.05) is 32.9 Å². The van der Waals surface area contributed by atoms with Crippen LogP contribution >= 0.6 is 0 Å². The molecule has 0 spiro atoms. The zero-order valence-corrected chi connectivity index (χ0v) is 13.8. The van der Waals surface area contributed by atoms with E-state index in [-0.39, 0.29) is 11.9 Å². The van der Waals surface area contributed by atoms with Gasteiger partial charge >= 0.3 is 0 Å². The summed E-state index contributed by atoms with van der Waals surface area (Å²) in [6.45, 7) is 10.7. The Bertz CT molecular complexity index is 477. The van der Waals surface area contributed by atoms with E-state index >= 15 is 0 Å². The van der Waals surface area contributed by atoms with Crippen LogP contribution in [0, 0.1) is 17.2 Å². The van der Waals surface area contributed by atoms with Gasteiger partial charge in [-0.2, -0.15) is 0 Å². The van der Waals surface area contributed by atoms with Gasteiger partial charge in [0.15, 0.2) is 0 Å². The number of hydrogen-bond donors (Lipinski definition) is 1. The predicted octanol–water partition coefficient (Wildman–Crippen LogP) is 4.50. The van der Waals surface area contributed by atoms with Gasteiger partial charge < -0.3 is 10.6 Å². The first-order valence-corrected chi connectivity index (χ1v) is 8.09. The molecule has 2 nitrogen and oxygen atoms in total. The second-order valence-corrected chi connectivity index (χ2v) is 7.45. The summed E-state index contributed by atoms with van der Waals surface area (Å²) in [5, 5.41) is 0. The topological polar surface area (TPSA) is 29.3 Å². The van der Waals surface area contributed by atoms with Crippen LogP contribution in [0.2, 0.25) is 0 Å². The number of hydrogen-bond acceptors (Lipinski definition) is 2. The summed E-state index contributed by atoms with van der Waals surface area (Å²) in [4.78, 5) is 2.21. The monoisotopic (exact) mass is 292 g/mol. The zero-order chi connectivity index (χ0) is 15.6. The molecule has 0 aromatic heterocycles. The minimum atomic E-state index is -0.141. The second-order valence-electron chi connectivity index (χ2n) is 7.45. The van der Waals surface area contributed by atoms with Gasteiger partial charge in [-0.15, -0.1) is 0 Å². The lowest BCUT2D eigenvalue weighted by molar-refractivity contribution is 0.220. The van der Waals surface area contributed by atoms with Gasteiger partial charge in [-0.05, 0) is 49.1 Å². The maximum atomic E-state index is 14.4. The van der Waals surface area contributed by atoms with Crippen LogP contribution < -0.4 is 10.6 Å². The molecule has 21 heavy (non-hydrogen) atoms. The lowest BCUT2D eigenvalue weighted by Gasteiger charge is -2.30. The SMILES string of the molecule is C[C@H](N)c1cccc(F)c1N1CCCC(C(C)(C)C)CC1. The van der Waals surface area contributed by atoms with E-state index in [9.17, 15) is 4.39 Å². The molecule has 0 radical (unpaired) electrons. The Kier molecular flexibility index (Phi) is 4.92. The molecule has 2 atom stereocenters. The summed E-state index contributed by atoms with van der Waals surface area (Å²) >= 11 is 0. The average molecular weight is 292 g/mol. The first-order chi connectivity index (χ1) is 9.80. The summed E-state index contributed by atoms with van der Waals surface area (Å²) in [6, 6.07) is 5.12. The van der Waals surface area contributed by atoms with Crippen LogP contribution in [0.5, 0.6) is 0 Å². The lowest BCUT2D eigenvalue weighted by atomic mass is 9.77. The Morgan fingerprint density at radius 2 is 1.95 bits per heavy atom. The standard InChI is InChI=1S/C18H29FN2/c1-13(20)15-8-5-9-16(19)17(15)21-11-6-7-14(10-12-21)18(2,3)4/h5,8-9,13-14H,6-7,10-12,20H2,1-4H3/t13-,14?/m0/s1.